The molecule has 3 aromatic carbocycles. The zero-order valence-electron chi connectivity index (χ0n) is 35.6. The van der Waals surface area contributed by atoms with Gasteiger partial charge in [0.25, 0.3) is 5.91 Å². The number of nitriles is 1. The summed E-state index contributed by atoms with van der Waals surface area (Å²) in [6.45, 7) is 5.01. The number of fused-ring (bicyclic) bond motifs is 5. The monoisotopic (exact) mass is 863 g/mol. The minimum atomic E-state index is -1.42. The molecule has 0 fully saturated rings. The molecule has 1 aromatic heterocycles. The number of carbonyl (C=O) groups excluding carboxylic acids is 5. The van der Waals surface area contributed by atoms with E-state index in [0.29, 0.717) is 56.5 Å². The van der Waals surface area contributed by atoms with Crippen LogP contribution in [0.2, 0.25) is 0 Å². The predicted octanol–water partition coefficient (Wildman–Crippen LogP) is 0.640. The molecule has 0 saturated heterocycles. The highest BCUT2D eigenvalue weighted by Crippen LogP contribution is 2.40. The highest BCUT2D eigenvalue weighted by Gasteiger charge is 2.36. The molecule has 0 spiro atoms. The average Bonchev–Trinajstić information content (AvgIpc) is 3.26. The lowest BCUT2D eigenvalue weighted by molar-refractivity contribution is -0.141. The fraction of sp³-hybridized carbons (Fsp3) is 0.364. The van der Waals surface area contributed by atoms with Crippen molar-refractivity contribution in [2.75, 3.05) is 46.4 Å². The number of aryl methyl sites for hydroxylation is 2. The SMILES string of the molecule is Cc1nc(-c2ccc(O)cc2)nc(C)c1C(=O)NC(CCN)C(=O)N(C)[C@@H]1C(=O)N[C@@H](C)C(=O)N[C@H](C(=O)NCC#N)Cc2ccc(OCCN)c(c2)-c2cc1ccc2OCCN. The standard InChI is InChI=1S/C44H53N11O8/c1-24-37(25(2)51-39(50-24)28-6-9-30(56)10-7-28)42(59)53-33(13-14-45)44(61)55(4)38-29-8-12-36(63-20-17-48)32(23-29)31-21-27(5-11-35(31)62-19-16-47)22-34(41(58)49-18-15-46)54-40(57)26(3)52-43(38)60/h5-12,21,23,26,33-34,38,56H,13-14,16-20,22,45,47-48H2,1-4H3,(H,49,58)(H,52,60)(H,53,59)(H,54,57)/t26-,33?,34-,38-/m0/s1. The number of hydrogen-bond acceptors (Lipinski definition) is 14. The molecular formula is C44H53N11O8. The number of amides is 5. The number of carbonyl (C=O) groups is 5. The Labute approximate surface area is 364 Å². The number of phenolic OH excluding ortho intramolecular Hbond substituents is 1. The number of benzene rings is 3. The molecule has 19 nitrogen and oxygen atoms in total. The zero-order valence-corrected chi connectivity index (χ0v) is 35.6. The average molecular weight is 864 g/mol. The summed E-state index contributed by atoms with van der Waals surface area (Å²) in [7, 11) is 1.40. The number of nitrogens with one attached hydrogen (secondary N) is 4. The number of nitrogens with two attached hydrogens (primary N) is 3. The molecule has 2 heterocycles. The molecule has 0 aliphatic carbocycles. The number of nitrogens with zero attached hydrogens (tertiary/aromatic N) is 4. The first-order valence-electron chi connectivity index (χ1n) is 20.3. The van der Waals surface area contributed by atoms with Crippen LogP contribution in [0.3, 0.4) is 0 Å². The maximum absolute atomic E-state index is 14.6. The molecule has 63 heavy (non-hydrogen) atoms. The number of hydrogen-bond donors (Lipinski definition) is 8. The molecule has 11 N–H and O–H groups in total. The Balaban J connectivity index is 1.59. The quantitative estimate of drug-likeness (QED) is 0.0762. The third-order valence-corrected chi connectivity index (χ3v) is 10.2. The van der Waals surface area contributed by atoms with E-state index in [0.717, 1.165) is 4.90 Å². The molecule has 4 atom stereocenters. The van der Waals surface area contributed by atoms with Crippen LogP contribution in [0.1, 0.15) is 52.3 Å². The molecular weight excluding hydrogens is 811 g/mol. The lowest BCUT2D eigenvalue weighted by Gasteiger charge is -2.32. The van der Waals surface area contributed by atoms with Gasteiger partial charge < -0.3 is 57.9 Å². The summed E-state index contributed by atoms with van der Waals surface area (Å²) in [5.74, 6) is -2.29. The van der Waals surface area contributed by atoms with Gasteiger partial charge in [-0.1, -0.05) is 12.1 Å². The molecule has 1 unspecified atom stereocenters. The maximum Gasteiger partial charge on any atom is 0.255 e. The van der Waals surface area contributed by atoms with E-state index in [1.54, 1.807) is 62.4 Å². The summed E-state index contributed by atoms with van der Waals surface area (Å²) in [5.41, 5.74) is 20.9. The van der Waals surface area contributed by atoms with E-state index in [1.807, 2.05) is 6.07 Å². The Morgan fingerprint density at radius 3 is 2.13 bits per heavy atom. The van der Waals surface area contributed by atoms with Gasteiger partial charge in [-0.05, 0) is 93.4 Å². The number of phenols is 1. The van der Waals surface area contributed by atoms with Crippen LogP contribution >= 0.6 is 0 Å². The second kappa shape index (κ2) is 21.6. The number of aromatic hydroxyl groups is 1. The van der Waals surface area contributed by atoms with E-state index >= 15 is 0 Å². The number of likely N-dealkylation sites (N-methyl/N-ethyl adjacent to an activating group) is 1. The normalized spacial score (nSPS) is 16.6. The van der Waals surface area contributed by atoms with Crippen molar-refractivity contribution in [1.82, 2.24) is 36.1 Å². The van der Waals surface area contributed by atoms with E-state index in [4.69, 9.17) is 31.9 Å². The number of ether oxygens (including phenoxy) is 2. The first-order valence-corrected chi connectivity index (χ1v) is 20.3. The first-order chi connectivity index (χ1) is 30.2. The number of rotatable bonds is 15. The van der Waals surface area contributed by atoms with E-state index in [2.05, 4.69) is 31.2 Å². The molecule has 0 radical (unpaired) electrons. The summed E-state index contributed by atoms with van der Waals surface area (Å²) in [6.07, 6.45) is -0.0258. The van der Waals surface area contributed by atoms with Crippen LogP contribution in [-0.2, 0) is 25.6 Å². The van der Waals surface area contributed by atoms with Crippen LogP contribution in [0.25, 0.3) is 22.5 Å². The second-order valence-electron chi connectivity index (χ2n) is 14.8. The van der Waals surface area contributed by atoms with Gasteiger partial charge in [-0.2, -0.15) is 5.26 Å². The topological polar surface area (TPSA) is 303 Å². The minimum absolute atomic E-state index is 0.00559. The summed E-state index contributed by atoms with van der Waals surface area (Å²) in [4.78, 5) is 80.3. The lowest BCUT2D eigenvalue weighted by Crippen LogP contribution is -2.56. The van der Waals surface area contributed by atoms with E-state index in [9.17, 15) is 29.1 Å². The van der Waals surface area contributed by atoms with Crippen LogP contribution in [0.4, 0.5) is 0 Å². The van der Waals surface area contributed by atoms with Gasteiger partial charge in [-0.3, -0.25) is 24.0 Å². The van der Waals surface area contributed by atoms with Crippen LogP contribution < -0.4 is 47.9 Å². The van der Waals surface area contributed by atoms with Crippen LogP contribution in [-0.4, -0.2) is 114 Å². The largest absolute Gasteiger partial charge is 0.508 e. The summed E-state index contributed by atoms with van der Waals surface area (Å²) >= 11 is 0. The van der Waals surface area contributed by atoms with Crippen molar-refractivity contribution in [1.29, 1.82) is 5.26 Å². The van der Waals surface area contributed by atoms with Gasteiger partial charge in [0.2, 0.25) is 23.6 Å². The van der Waals surface area contributed by atoms with Crippen molar-refractivity contribution in [2.24, 2.45) is 17.2 Å². The molecule has 4 bridgehead atoms. The highest BCUT2D eigenvalue weighted by molar-refractivity contribution is 6.00. The fourth-order valence-corrected chi connectivity index (χ4v) is 7.14. The third-order valence-electron chi connectivity index (χ3n) is 10.2. The van der Waals surface area contributed by atoms with Gasteiger partial charge in [0.05, 0.1) is 23.0 Å². The van der Waals surface area contributed by atoms with Crippen LogP contribution in [0, 0.1) is 25.2 Å². The second-order valence-corrected chi connectivity index (χ2v) is 14.8. The van der Waals surface area contributed by atoms with Gasteiger partial charge in [0, 0.05) is 43.2 Å². The van der Waals surface area contributed by atoms with Crippen LogP contribution in [0.15, 0.2) is 60.7 Å². The Morgan fingerprint density at radius 2 is 1.52 bits per heavy atom. The Bertz CT molecular complexity index is 2350. The van der Waals surface area contributed by atoms with Crippen molar-refractivity contribution in [3.63, 3.8) is 0 Å². The third kappa shape index (κ3) is 11.4. The maximum atomic E-state index is 14.6. The molecule has 5 amide bonds. The van der Waals surface area contributed by atoms with E-state index in [1.165, 1.54) is 26.1 Å². The fourth-order valence-electron chi connectivity index (χ4n) is 7.14. The van der Waals surface area contributed by atoms with Crippen molar-refractivity contribution in [3.05, 3.63) is 88.7 Å². The molecule has 1 aliphatic heterocycles. The predicted molar refractivity (Wildman–Crippen MR) is 232 cm³/mol. The summed E-state index contributed by atoms with van der Waals surface area (Å²) in [6, 6.07) is 13.2. The first kappa shape index (κ1) is 46.9. The van der Waals surface area contributed by atoms with E-state index < -0.39 is 53.7 Å². The molecule has 1 aliphatic rings. The molecule has 5 rings (SSSR count). The van der Waals surface area contributed by atoms with Gasteiger partial charge in [0.1, 0.15) is 61.2 Å². The Kier molecular flexibility index (Phi) is 16.1. The van der Waals surface area contributed by atoms with Crippen LogP contribution in [0.5, 0.6) is 17.2 Å². The van der Waals surface area contributed by atoms with Crippen molar-refractivity contribution >= 4 is 29.5 Å². The lowest BCUT2D eigenvalue weighted by atomic mass is 9.93. The molecule has 0 saturated carbocycles. The highest BCUT2D eigenvalue weighted by atomic mass is 16.5. The van der Waals surface area contributed by atoms with Gasteiger partial charge in [-0.15, -0.1) is 0 Å². The Hall–Kier alpha value is -7.14. The zero-order chi connectivity index (χ0) is 45.8. The van der Waals surface area contributed by atoms with Crippen molar-refractivity contribution in [2.45, 2.75) is 57.8 Å². The van der Waals surface area contributed by atoms with E-state index in [-0.39, 0.29) is 63.5 Å². The molecule has 332 valence electrons. The minimum Gasteiger partial charge on any atom is -0.508 e. The van der Waals surface area contributed by atoms with Crippen molar-refractivity contribution < 1.29 is 38.6 Å². The summed E-state index contributed by atoms with van der Waals surface area (Å²) in [5, 5.41) is 29.5. The Morgan fingerprint density at radius 1 is 0.905 bits per heavy atom. The summed E-state index contributed by atoms with van der Waals surface area (Å²) < 4.78 is 12.2. The van der Waals surface area contributed by atoms with Gasteiger partial charge in [0.15, 0.2) is 5.82 Å². The molecule has 19 heteroatoms. The van der Waals surface area contributed by atoms with Crippen molar-refractivity contribution in [3.8, 4) is 45.8 Å². The van der Waals surface area contributed by atoms with Gasteiger partial charge in [-0.25, -0.2) is 9.97 Å². The number of aromatic nitrogens is 2. The van der Waals surface area contributed by atoms with Gasteiger partial charge >= 0.3 is 0 Å². The molecule has 4 aromatic rings. The smallest absolute Gasteiger partial charge is 0.255 e.